The normalized spacial score (nSPS) is 27.7. The molecule has 6 rings (SSSR count). The van der Waals surface area contributed by atoms with E-state index in [9.17, 15) is 4.79 Å². The summed E-state index contributed by atoms with van der Waals surface area (Å²) in [5.41, 5.74) is 15.0. The minimum absolute atomic E-state index is 0.00216. The minimum atomic E-state index is -0.918. The molecule has 45 heavy (non-hydrogen) atoms. The molecule has 3 atom stereocenters. The van der Waals surface area contributed by atoms with Gasteiger partial charge in [-0.3, -0.25) is 14.3 Å². The van der Waals surface area contributed by atoms with E-state index < -0.39 is 11.5 Å². The van der Waals surface area contributed by atoms with Gasteiger partial charge in [0.15, 0.2) is 17.3 Å². The number of ether oxygens (including phenoxy) is 3. The van der Waals surface area contributed by atoms with Gasteiger partial charge in [-0.25, -0.2) is 15.0 Å². The van der Waals surface area contributed by atoms with E-state index in [4.69, 9.17) is 25.7 Å². The van der Waals surface area contributed by atoms with Crippen LogP contribution in [0.3, 0.4) is 0 Å². The highest BCUT2D eigenvalue weighted by Gasteiger charge is 2.63. The van der Waals surface area contributed by atoms with Gasteiger partial charge in [0.1, 0.15) is 24.1 Å². The zero-order valence-corrected chi connectivity index (χ0v) is 27.5. The van der Waals surface area contributed by atoms with Crippen molar-refractivity contribution in [2.24, 2.45) is 5.92 Å². The molecule has 1 amide bonds. The highest BCUT2D eigenvalue weighted by molar-refractivity contribution is 5.93. The second kappa shape index (κ2) is 11.5. The number of nitrogens with one attached hydrogen (secondary N) is 1. The van der Waals surface area contributed by atoms with Crippen molar-refractivity contribution in [3.8, 4) is 0 Å². The average Bonchev–Trinajstić information content (AvgIpc) is 3.58. The summed E-state index contributed by atoms with van der Waals surface area (Å²) in [6, 6.07) is 6.62. The third-order valence-electron chi connectivity index (χ3n) is 9.59. The van der Waals surface area contributed by atoms with Crippen LogP contribution in [0.4, 0.5) is 17.2 Å². The first kappa shape index (κ1) is 31.7. The Morgan fingerprint density at radius 3 is 2.62 bits per heavy atom. The molecule has 0 unspecified atom stereocenters. The molecule has 1 saturated carbocycles. The summed E-state index contributed by atoms with van der Waals surface area (Å²) < 4.78 is 21.4. The molecule has 4 heterocycles. The molecule has 1 aliphatic carbocycles. The Bertz CT molecular complexity index is 1560. The van der Waals surface area contributed by atoms with E-state index in [-0.39, 0.29) is 23.5 Å². The van der Waals surface area contributed by atoms with E-state index in [1.807, 2.05) is 36.6 Å². The van der Waals surface area contributed by atoms with Crippen molar-refractivity contribution in [3.05, 3.63) is 36.4 Å². The fraction of sp³-hybridized carbons (Fsp3) is 0.636. The quantitative estimate of drug-likeness (QED) is 0.293. The van der Waals surface area contributed by atoms with Crippen molar-refractivity contribution < 1.29 is 19.0 Å². The second-order valence-electron chi connectivity index (χ2n) is 14.7. The van der Waals surface area contributed by atoms with Crippen LogP contribution in [0.2, 0.25) is 0 Å². The van der Waals surface area contributed by atoms with Crippen LogP contribution in [0.25, 0.3) is 11.2 Å². The molecule has 12 heteroatoms. The van der Waals surface area contributed by atoms with E-state index in [1.165, 1.54) is 6.33 Å². The van der Waals surface area contributed by atoms with Gasteiger partial charge in [-0.1, -0.05) is 26.8 Å². The number of hydrogen-bond acceptors (Lipinski definition) is 10. The van der Waals surface area contributed by atoms with Crippen LogP contribution in [-0.4, -0.2) is 73.6 Å². The summed E-state index contributed by atoms with van der Waals surface area (Å²) in [6.07, 6.45) is 5.96. The lowest BCUT2D eigenvalue weighted by atomic mass is 9.76. The van der Waals surface area contributed by atoms with Crippen molar-refractivity contribution in [1.82, 2.24) is 24.4 Å². The van der Waals surface area contributed by atoms with Crippen LogP contribution >= 0.6 is 0 Å². The van der Waals surface area contributed by atoms with Crippen molar-refractivity contribution in [2.45, 2.75) is 115 Å². The summed E-state index contributed by atoms with van der Waals surface area (Å²) in [5.74, 6) is 0.0115. The van der Waals surface area contributed by atoms with Gasteiger partial charge in [0.25, 0.3) is 0 Å². The third-order valence-corrected chi connectivity index (χ3v) is 9.59. The summed E-state index contributed by atoms with van der Waals surface area (Å²) in [7, 11) is 0. The number of anilines is 3. The zero-order valence-electron chi connectivity index (χ0n) is 27.5. The molecule has 1 aromatic carbocycles. The fourth-order valence-electron chi connectivity index (χ4n) is 7.12. The van der Waals surface area contributed by atoms with E-state index in [0.29, 0.717) is 65.9 Å². The van der Waals surface area contributed by atoms with Gasteiger partial charge in [-0.2, -0.15) is 0 Å². The molecule has 3 fully saturated rings. The van der Waals surface area contributed by atoms with Crippen LogP contribution in [-0.2, 0) is 30.1 Å². The van der Waals surface area contributed by atoms with Gasteiger partial charge < -0.3 is 31.0 Å². The third kappa shape index (κ3) is 6.00. The summed E-state index contributed by atoms with van der Waals surface area (Å²) >= 11 is 0. The first-order valence-electron chi connectivity index (χ1n) is 16.1. The lowest BCUT2D eigenvalue weighted by molar-refractivity contribution is -0.206. The Hall–Kier alpha value is -3.32. The maximum absolute atomic E-state index is 12.8. The maximum atomic E-state index is 12.8. The molecule has 2 aliphatic heterocycles. The number of imidazole rings is 1. The minimum Gasteiger partial charge on any atom is -0.397 e. The number of benzene rings is 1. The molecule has 3 aromatic rings. The van der Waals surface area contributed by atoms with Crippen LogP contribution in [0.1, 0.15) is 79.7 Å². The van der Waals surface area contributed by atoms with Gasteiger partial charge in [0.05, 0.1) is 24.3 Å². The summed E-state index contributed by atoms with van der Waals surface area (Å²) in [4.78, 5) is 28.3. The van der Waals surface area contributed by atoms with Crippen molar-refractivity contribution >= 4 is 34.3 Å². The molecule has 0 radical (unpaired) electrons. The van der Waals surface area contributed by atoms with E-state index >= 15 is 0 Å². The molecule has 5 N–H and O–H groups in total. The van der Waals surface area contributed by atoms with Crippen molar-refractivity contribution in [2.75, 3.05) is 29.9 Å². The Labute approximate surface area is 265 Å². The van der Waals surface area contributed by atoms with Gasteiger partial charge in [0, 0.05) is 25.0 Å². The van der Waals surface area contributed by atoms with Gasteiger partial charge in [0.2, 0.25) is 11.6 Å². The smallest absolute Gasteiger partial charge is 0.224 e. The predicted molar refractivity (Wildman–Crippen MR) is 173 cm³/mol. The van der Waals surface area contributed by atoms with Gasteiger partial charge >= 0.3 is 0 Å². The lowest BCUT2D eigenvalue weighted by Gasteiger charge is -2.46. The van der Waals surface area contributed by atoms with Gasteiger partial charge in [-0.15, -0.1) is 0 Å². The summed E-state index contributed by atoms with van der Waals surface area (Å²) in [5, 5.41) is 3.01. The predicted octanol–water partition coefficient (Wildman–Crippen LogP) is 4.40. The first-order valence-corrected chi connectivity index (χ1v) is 16.1. The molecule has 0 bridgehead atoms. The molecule has 0 spiro atoms. The topological polar surface area (TPSA) is 156 Å². The van der Waals surface area contributed by atoms with E-state index in [0.717, 1.165) is 24.8 Å². The highest BCUT2D eigenvalue weighted by Crippen LogP contribution is 2.48. The van der Waals surface area contributed by atoms with Crippen LogP contribution in [0.5, 0.6) is 0 Å². The number of nitrogen functional groups attached to an aromatic ring is 2. The SMILES string of the molecule is CC(C)N(C[C@H]1OC[C@]2(n3cnc4c(N)ncnc43)OC(C)(C)O[C@H]12)[C@H]1C[C@@H](CCC(=O)Nc2ccc(C(C)(C)C)cc2N)C1. The molecule has 3 aliphatic rings. The number of nitrogens with two attached hydrogens (primary N) is 2. The monoisotopic (exact) mass is 620 g/mol. The van der Waals surface area contributed by atoms with Gasteiger partial charge in [-0.05, 0) is 76.0 Å². The lowest BCUT2D eigenvalue weighted by Crippen LogP contribution is -2.53. The Balaban J connectivity index is 1.06. The van der Waals surface area contributed by atoms with Crippen LogP contribution in [0.15, 0.2) is 30.9 Å². The first-order chi connectivity index (χ1) is 21.2. The number of fused-ring (bicyclic) bond motifs is 2. The highest BCUT2D eigenvalue weighted by atomic mass is 16.8. The largest absolute Gasteiger partial charge is 0.397 e. The molecular formula is C33H48N8O4. The Morgan fingerprint density at radius 1 is 1.18 bits per heavy atom. The fourth-order valence-corrected chi connectivity index (χ4v) is 7.12. The zero-order chi connectivity index (χ0) is 32.3. The standard InChI is InChI=1S/C33H48N8O4/c1-19(2)40(22-12-20(13-22)8-11-26(42)39-24-10-9-21(14-23(24)34)31(3,4)5)15-25-28-33(16-43-25,45-32(6,7)44-28)41-18-38-27-29(35)36-17-37-30(27)41/h9-10,14,17-20,22,25,28H,8,11-13,15-16,34H2,1-7H3,(H,39,42)(H2,35,36,37)/t20-,22+,25-,28-,33+/m1/s1. The number of carbonyl (C=O) groups is 1. The number of amides is 1. The summed E-state index contributed by atoms with van der Waals surface area (Å²) in [6.45, 7) is 15.7. The average molecular weight is 621 g/mol. The number of rotatable bonds is 9. The Morgan fingerprint density at radius 2 is 1.93 bits per heavy atom. The number of hydrogen-bond donors (Lipinski definition) is 3. The molecule has 244 valence electrons. The molecule has 2 aromatic heterocycles. The maximum Gasteiger partial charge on any atom is 0.224 e. The molecule has 2 saturated heterocycles. The van der Waals surface area contributed by atoms with Crippen molar-refractivity contribution in [1.29, 1.82) is 0 Å². The number of nitrogens with zero attached hydrogens (tertiary/aromatic N) is 5. The van der Waals surface area contributed by atoms with E-state index in [1.54, 1.807) is 6.33 Å². The number of aromatic nitrogens is 4. The van der Waals surface area contributed by atoms with Crippen molar-refractivity contribution in [3.63, 3.8) is 0 Å². The van der Waals surface area contributed by atoms with Crippen LogP contribution in [0, 0.1) is 5.92 Å². The van der Waals surface area contributed by atoms with Crippen LogP contribution < -0.4 is 16.8 Å². The molecular weight excluding hydrogens is 572 g/mol. The number of carbonyl (C=O) groups excluding carboxylic acids is 1. The molecule has 12 nitrogen and oxygen atoms in total. The van der Waals surface area contributed by atoms with E-state index in [2.05, 4.69) is 59.8 Å². The Kier molecular flexibility index (Phi) is 8.08. The second-order valence-corrected chi connectivity index (χ2v) is 14.7.